The van der Waals surface area contributed by atoms with E-state index in [4.69, 9.17) is 9.25 Å². The fourth-order valence-electron chi connectivity index (χ4n) is 1.58. The molecule has 0 saturated carbocycles. The number of aryl methyl sites for hydroxylation is 1. The van der Waals surface area contributed by atoms with Crippen LogP contribution in [0.2, 0.25) is 0 Å². The van der Waals surface area contributed by atoms with Crippen molar-refractivity contribution < 1.29 is 9.25 Å². The number of H-pyrrole nitrogens is 1. The van der Waals surface area contributed by atoms with Gasteiger partial charge in [-0.05, 0) is 25.0 Å². The summed E-state index contributed by atoms with van der Waals surface area (Å²) in [5, 5.41) is 6.99. The number of nitrogens with one attached hydrogen (secondary N) is 2. The Labute approximate surface area is 106 Å². The summed E-state index contributed by atoms with van der Waals surface area (Å²) in [5.41, 5.74) is 4.85. The quantitative estimate of drug-likeness (QED) is 0.610. The lowest BCUT2D eigenvalue weighted by Gasteiger charge is -2.07. The molecule has 2 rings (SSSR count). The molecule has 0 saturated heterocycles. The van der Waals surface area contributed by atoms with Crippen molar-refractivity contribution in [3.63, 3.8) is 0 Å². The van der Waals surface area contributed by atoms with Crippen LogP contribution >= 0.6 is 0 Å². The number of furan rings is 1. The fourth-order valence-corrected chi connectivity index (χ4v) is 1.58. The maximum absolute atomic E-state index is 5.57. The van der Waals surface area contributed by atoms with Crippen molar-refractivity contribution in [3.8, 4) is 11.5 Å². The largest absolute Gasteiger partial charge is 0.460 e. The highest BCUT2D eigenvalue weighted by atomic mass is 16.6. The van der Waals surface area contributed by atoms with Gasteiger partial charge in [0.05, 0.1) is 12.8 Å². The molecule has 0 aliphatic carbocycles. The minimum absolute atomic E-state index is 0.508. The predicted molar refractivity (Wildman–Crippen MR) is 68.7 cm³/mol. The minimum atomic E-state index is 0.508. The Morgan fingerprint density at radius 2 is 2.28 bits per heavy atom. The molecule has 0 bridgehead atoms. The van der Waals surface area contributed by atoms with Crippen LogP contribution < -0.4 is 5.48 Å². The Kier molecular flexibility index (Phi) is 4.17. The summed E-state index contributed by atoms with van der Waals surface area (Å²) in [6.07, 6.45) is 1.78. The molecule has 98 valence electrons. The zero-order valence-electron chi connectivity index (χ0n) is 11.0. The predicted octanol–water partition coefficient (Wildman–Crippen LogP) is 2.66. The van der Waals surface area contributed by atoms with Crippen LogP contribution in [0.15, 0.2) is 22.7 Å². The smallest absolute Gasteiger partial charge is 0.152 e. The minimum Gasteiger partial charge on any atom is -0.460 e. The second kappa shape index (κ2) is 5.84. The summed E-state index contributed by atoms with van der Waals surface area (Å²) in [7, 11) is 0. The first-order valence-corrected chi connectivity index (χ1v) is 6.10. The van der Waals surface area contributed by atoms with Crippen LogP contribution in [0.5, 0.6) is 0 Å². The van der Waals surface area contributed by atoms with Crippen LogP contribution in [0.25, 0.3) is 11.5 Å². The molecule has 0 aromatic carbocycles. The van der Waals surface area contributed by atoms with Crippen molar-refractivity contribution in [1.29, 1.82) is 0 Å². The number of hydrogen-bond donors (Lipinski definition) is 2. The molecule has 2 aromatic rings. The topological polar surface area (TPSA) is 63.1 Å². The van der Waals surface area contributed by atoms with E-state index in [1.807, 2.05) is 19.1 Å². The summed E-state index contributed by atoms with van der Waals surface area (Å²) in [6.45, 7) is 7.42. The zero-order valence-corrected chi connectivity index (χ0v) is 11.0. The van der Waals surface area contributed by atoms with Gasteiger partial charge in [-0.2, -0.15) is 10.6 Å². The van der Waals surface area contributed by atoms with Crippen LogP contribution in [0, 0.1) is 12.8 Å². The van der Waals surface area contributed by atoms with Crippen molar-refractivity contribution in [2.75, 3.05) is 6.61 Å². The Hall–Kier alpha value is -1.59. The molecule has 2 heterocycles. The van der Waals surface area contributed by atoms with Crippen LogP contribution in [0.3, 0.4) is 0 Å². The van der Waals surface area contributed by atoms with Gasteiger partial charge >= 0.3 is 0 Å². The number of hydrogen-bond acceptors (Lipinski definition) is 4. The maximum atomic E-state index is 5.57. The van der Waals surface area contributed by atoms with Crippen LogP contribution in [0.1, 0.15) is 25.2 Å². The normalized spacial score (nSPS) is 11.3. The van der Waals surface area contributed by atoms with Gasteiger partial charge in [-0.25, -0.2) is 0 Å². The standard InChI is InChI=1S/C13H19N3O2/c1-9(2)8-17-15-7-11-6-14-16-13(11)12-5-4-10(3)18-12/h4-6,9,15H,7-8H2,1-3H3,(H,14,16). The Morgan fingerprint density at radius 1 is 1.44 bits per heavy atom. The average Bonchev–Trinajstić information content (AvgIpc) is 2.92. The van der Waals surface area contributed by atoms with E-state index in [1.165, 1.54) is 0 Å². The molecular weight excluding hydrogens is 230 g/mol. The molecule has 0 aliphatic rings. The number of hydroxylamine groups is 1. The highest BCUT2D eigenvalue weighted by Crippen LogP contribution is 2.23. The van der Waals surface area contributed by atoms with Crippen LogP contribution in [-0.4, -0.2) is 16.8 Å². The molecule has 0 unspecified atom stereocenters. The summed E-state index contributed by atoms with van der Waals surface area (Å²) >= 11 is 0. The van der Waals surface area contributed by atoms with Crippen LogP contribution in [0.4, 0.5) is 0 Å². The Morgan fingerprint density at radius 3 is 2.94 bits per heavy atom. The van der Waals surface area contributed by atoms with Crippen molar-refractivity contribution in [1.82, 2.24) is 15.7 Å². The molecule has 0 fully saturated rings. The highest BCUT2D eigenvalue weighted by Gasteiger charge is 2.10. The number of aromatic amines is 1. The van der Waals surface area contributed by atoms with Gasteiger partial charge in [-0.3, -0.25) is 5.10 Å². The molecule has 0 radical (unpaired) electrons. The lowest BCUT2D eigenvalue weighted by Crippen LogP contribution is -2.17. The number of rotatable bonds is 6. The molecule has 2 N–H and O–H groups in total. The molecule has 2 aromatic heterocycles. The molecule has 0 aliphatic heterocycles. The number of nitrogens with zero attached hydrogens (tertiary/aromatic N) is 1. The summed E-state index contributed by atoms with van der Waals surface area (Å²) < 4.78 is 5.57. The van der Waals surface area contributed by atoms with E-state index in [9.17, 15) is 0 Å². The third-order valence-corrected chi connectivity index (χ3v) is 2.49. The number of aromatic nitrogens is 2. The summed E-state index contributed by atoms with van der Waals surface area (Å²) in [5.74, 6) is 2.19. The van der Waals surface area contributed by atoms with E-state index >= 15 is 0 Å². The van der Waals surface area contributed by atoms with Gasteiger partial charge in [0.2, 0.25) is 0 Å². The van der Waals surface area contributed by atoms with Gasteiger partial charge in [-0.15, -0.1) is 0 Å². The van der Waals surface area contributed by atoms with Gasteiger partial charge in [0.1, 0.15) is 11.5 Å². The van der Waals surface area contributed by atoms with Gasteiger partial charge in [0.25, 0.3) is 0 Å². The average molecular weight is 249 g/mol. The van der Waals surface area contributed by atoms with Crippen molar-refractivity contribution in [2.24, 2.45) is 5.92 Å². The lowest BCUT2D eigenvalue weighted by atomic mass is 10.2. The molecule has 5 heteroatoms. The Balaban J connectivity index is 1.96. The summed E-state index contributed by atoms with van der Waals surface area (Å²) in [6, 6.07) is 3.87. The molecule has 18 heavy (non-hydrogen) atoms. The first-order chi connectivity index (χ1) is 8.66. The second-order valence-corrected chi connectivity index (χ2v) is 4.71. The second-order valence-electron chi connectivity index (χ2n) is 4.71. The molecule has 0 spiro atoms. The molecule has 5 nitrogen and oxygen atoms in total. The van der Waals surface area contributed by atoms with Crippen molar-refractivity contribution in [2.45, 2.75) is 27.3 Å². The van der Waals surface area contributed by atoms with Crippen molar-refractivity contribution in [3.05, 3.63) is 29.7 Å². The molecule has 0 amide bonds. The third kappa shape index (κ3) is 3.21. The summed E-state index contributed by atoms with van der Waals surface area (Å²) in [4.78, 5) is 5.34. The van der Waals surface area contributed by atoms with Crippen LogP contribution in [-0.2, 0) is 11.4 Å². The Bertz CT molecular complexity index is 488. The van der Waals surface area contributed by atoms with E-state index in [0.717, 1.165) is 22.8 Å². The van der Waals surface area contributed by atoms with E-state index in [1.54, 1.807) is 6.20 Å². The van der Waals surface area contributed by atoms with Gasteiger partial charge in [-0.1, -0.05) is 13.8 Å². The van der Waals surface area contributed by atoms with E-state index in [2.05, 4.69) is 29.5 Å². The van der Waals surface area contributed by atoms with E-state index in [0.29, 0.717) is 19.1 Å². The van der Waals surface area contributed by atoms with E-state index in [-0.39, 0.29) is 0 Å². The monoisotopic (exact) mass is 249 g/mol. The van der Waals surface area contributed by atoms with Gasteiger partial charge in [0.15, 0.2) is 5.76 Å². The van der Waals surface area contributed by atoms with Gasteiger partial charge < -0.3 is 9.25 Å². The zero-order chi connectivity index (χ0) is 13.0. The first-order valence-electron chi connectivity index (χ1n) is 6.10. The van der Waals surface area contributed by atoms with E-state index < -0.39 is 0 Å². The SMILES string of the molecule is Cc1ccc(-c2[nH]ncc2CNOCC(C)C)o1. The lowest BCUT2D eigenvalue weighted by molar-refractivity contribution is 0.0197. The molecule has 0 atom stereocenters. The highest BCUT2D eigenvalue weighted by molar-refractivity contribution is 5.56. The van der Waals surface area contributed by atoms with Gasteiger partial charge in [0, 0.05) is 12.1 Å². The maximum Gasteiger partial charge on any atom is 0.152 e. The fraction of sp³-hybridized carbons (Fsp3) is 0.462. The third-order valence-electron chi connectivity index (χ3n) is 2.49. The molecular formula is C13H19N3O2. The first kappa shape index (κ1) is 12.9. The van der Waals surface area contributed by atoms with Crippen molar-refractivity contribution >= 4 is 0 Å².